The zero-order valence-electron chi connectivity index (χ0n) is 11.5. The van der Waals surface area contributed by atoms with Gasteiger partial charge in [0.15, 0.2) is 0 Å². The predicted octanol–water partition coefficient (Wildman–Crippen LogP) is 3.50. The highest BCUT2D eigenvalue weighted by atomic mass is 79.9. The number of hydrogen-bond donors (Lipinski definition) is 1. The molecule has 1 aromatic heterocycles. The van der Waals surface area contributed by atoms with Gasteiger partial charge >= 0.3 is 0 Å². The first-order chi connectivity index (χ1) is 9.56. The van der Waals surface area contributed by atoms with Crippen LogP contribution in [-0.4, -0.2) is 23.9 Å². The number of nitrogens with one attached hydrogen (secondary N) is 1. The van der Waals surface area contributed by atoms with Gasteiger partial charge in [0.25, 0.3) is 0 Å². The molecule has 1 N–H and O–H groups in total. The molecule has 1 aromatic carbocycles. The van der Waals surface area contributed by atoms with E-state index in [0.717, 1.165) is 15.9 Å². The van der Waals surface area contributed by atoms with Crippen LogP contribution in [0.2, 0.25) is 0 Å². The van der Waals surface area contributed by atoms with Crippen molar-refractivity contribution in [2.45, 2.75) is 19.5 Å². The SMILES string of the molecule is C[C@@H](C(=O)Nc1ccc(Br)cc1)N(C)Cc1ccco1. The Morgan fingerprint density at radius 3 is 2.65 bits per heavy atom. The number of halogens is 1. The highest BCUT2D eigenvalue weighted by Gasteiger charge is 2.18. The molecule has 1 heterocycles. The lowest BCUT2D eigenvalue weighted by Crippen LogP contribution is -2.39. The lowest BCUT2D eigenvalue weighted by molar-refractivity contribution is -0.120. The van der Waals surface area contributed by atoms with Crippen molar-refractivity contribution in [1.29, 1.82) is 0 Å². The van der Waals surface area contributed by atoms with Crippen molar-refractivity contribution in [1.82, 2.24) is 4.90 Å². The molecule has 5 heteroatoms. The summed E-state index contributed by atoms with van der Waals surface area (Å²) in [6.45, 7) is 2.47. The molecular weight excluding hydrogens is 320 g/mol. The van der Waals surface area contributed by atoms with Crippen LogP contribution in [0.5, 0.6) is 0 Å². The largest absolute Gasteiger partial charge is 0.468 e. The number of hydrogen-bond acceptors (Lipinski definition) is 3. The first kappa shape index (κ1) is 14.8. The minimum atomic E-state index is -0.247. The van der Waals surface area contributed by atoms with Gasteiger partial charge in [-0.1, -0.05) is 15.9 Å². The number of carbonyl (C=O) groups excluding carboxylic acids is 1. The Morgan fingerprint density at radius 2 is 2.05 bits per heavy atom. The van der Waals surface area contributed by atoms with Crippen molar-refractivity contribution in [2.24, 2.45) is 0 Å². The van der Waals surface area contributed by atoms with Gasteiger partial charge < -0.3 is 9.73 Å². The molecular formula is C15H17BrN2O2. The van der Waals surface area contributed by atoms with E-state index in [-0.39, 0.29) is 11.9 Å². The Hall–Kier alpha value is -1.59. The average molecular weight is 337 g/mol. The molecule has 0 aliphatic rings. The fourth-order valence-corrected chi connectivity index (χ4v) is 2.03. The number of benzene rings is 1. The van der Waals surface area contributed by atoms with Gasteiger partial charge in [0.05, 0.1) is 18.8 Å². The van der Waals surface area contributed by atoms with Gasteiger partial charge in [0, 0.05) is 10.2 Å². The molecule has 0 aliphatic carbocycles. The maximum Gasteiger partial charge on any atom is 0.241 e. The van der Waals surface area contributed by atoms with Crippen LogP contribution in [0.3, 0.4) is 0 Å². The van der Waals surface area contributed by atoms with Crippen molar-refractivity contribution in [3.8, 4) is 0 Å². The quantitative estimate of drug-likeness (QED) is 0.908. The van der Waals surface area contributed by atoms with Gasteiger partial charge in [-0.3, -0.25) is 9.69 Å². The second kappa shape index (κ2) is 6.72. The average Bonchev–Trinajstić information content (AvgIpc) is 2.93. The Kier molecular flexibility index (Phi) is 4.98. The Balaban J connectivity index is 1.92. The molecule has 1 amide bonds. The fraction of sp³-hybridized carbons (Fsp3) is 0.267. The number of carbonyl (C=O) groups is 1. The van der Waals surface area contributed by atoms with E-state index in [1.807, 2.05) is 55.3 Å². The smallest absolute Gasteiger partial charge is 0.241 e. The van der Waals surface area contributed by atoms with E-state index < -0.39 is 0 Å². The van der Waals surface area contributed by atoms with Crippen LogP contribution in [0, 0.1) is 0 Å². The highest BCUT2D eigenvalue weighted by molar-refractivity contribution is 9.10. The number of rotatable bonds is 5. The molecule has 20 heavy (non-hydrogen) atoms. The normalized spacial score (nSPS) is 12.4. The second-order valence-electron chi connectivity index (χ2n) is 4.67. The van der Waals surface area contributed by atoms with E-state index in [1.54, 1.807) is 6.26 Å². The molecule has 0 saturated heterocycles. The van der Waals surface area contributed by atoms with Crippen LogP contribution in [0.25, 0.3) is 0 Å². The van der Waals surface area contributed by atoms with Crippen LogP contribution in [-0.2, 0) is 11.3 Å². The molecule has 2 rings (SSSR count). The van der Waals surface area contributed by atoms with Crippen LogP contribution in [0.15, 0.2) is 51.6 Å². The monoisotopic (exact) mass is 336 g/mol. The van der Waals surface area contributed by atoms with Gasteiger partial charge in [-0.05, 0) is 50.4 Å². The lowest BCUT2D eigenvalue weighted by Gasteiger charge is -2.22. The van der Waals surface area contributed by atoms with Crippen LogP contribution >= 0.6 is 15.9 Å². The van der Waals surface area contributed by atoms with E-state index in [0.29, 0.717) is 6.54 Å². The minimum Gasteiger partial charge on any atom is -0.468 e. The number of likely N-dealkylation sites (N-methyl/N-ethyl adjacent to an activating group) is 1. The van der Waals surface area contributed by atoms with Gasteiger partial charge in [-0.2, -0.15) is 0 Å². The molecule has 0 fully saturated rings. The van der Waals surface area contributed by atoms with Crippen molar-refractivity contribution in [3.05, 3.63) is 52.9 Å². The fourth-order valence-electron chi connectivity index (χ4n) is 1.77. The third kappa shape index (κ3) is 3.95. The van der Waals surface area contributed by atoms with Crippen LogP contribution in [0.4, 0.5) is 5.69 Å². The topological polar surface area (TPSA) is 45.5 Å². The summed E-state index contributed by atoms with van der Waals surface area (Å²) in [5, 5.41) is 2.90. The minimum absolute atomic E-state index is 0.0404. The lowest BCUT2D eigenvalue weighted by atomic mass is 10.2. The molecule has 0 saturated carbocycles. The van der Waals surface area contributed by atoms with Gasteiger partial charge in [0.2, 0.25) is 5.91 Å². The van der Waals surface area contributed by atoms with Crippen molar-refractivity contribution in [2.75, 3.05) is 12.4 Å². The van der Waals surface area contributed by atoms with E-state index >= 15 is 0 Å². The summed E-state index contributed by atoms with van der Waals surface area (Å²) in [5.41, 5.74) is 0.788. The summed E-state index contributed by atoms with van der Waals surface area (Å²) in [6.07, 6.45) is 1.63. The van der Waals surface area contributed by atoms with Crippen molar-refractivity contribution >= 4 is 27.5 Å². The zero-order chi connectivity index (χ0) is 14.5. The van der Waals surface area contributed by atoms with E-state index in [2.05, 4.69) is 21.2 Å². The summed E-state index contributed by atoms with van der Waals surface area (Å²) >= 11 is 3.37. The van der Waals surface area contributed by atoms with E-state index in [4.69, 9.17) is 4.42 Å². The third-order valence-corrected chi connectivity index (χ3v) is 3.67. The Morgan fingerprint density at radius 1 is 1.35 bits per heavy atom. The summed E-state index contributed by atoms with van der Waals surface area (Å²) < 4.78 is 6.27. The summed E-state index contributed by atoms with van der Waals surface area (Å²) in [6, 6.07) is 11.0. The van der Waals surface area contributed by atoms with Gasteiger partial charge in [-0.25, -0.2) is 0 Å². The molecule has 0 spiro atoms. The maximum atomic E-state index is 12.2. The number of nitrogens with zero attached hydrogens (tertiary/aromatic N) is 1. The summed E-state index contributed by atoms with van der Waals surface area (Å²) in [7, 11) is 1.90. The highest BCUT2D eigenvalue weighted by Crippen LogP contribution is 2.15. The predicted molar refractivity (Wildman–Crippen MR) is 82.4 cm³/mol. The Labute approximate surface area is 126 Å². The number of anilines is 1. The number of amides is 1. The summed E-state index contributed by atoms with van der Waals surface area (Å²) in [5.74, 6) is 0.803. The molecule has 2 aromatic rings. The summed E-state index contributed by atoms with van der Waals surface area (Å²) in [4.78, 5) is 14.1. The van der Waals surface area contributed by atoms with Gasteiger partial charge in [-0.15, -0.1) is 0 Å². The van der Waals surface area contributed by atoms with Crippen LogP contribution in [0.1, 0.15) is 12.7 Å². The van der Waals surface area contributed by atoms with Gasteiger partial charge in [0.1, 0.15) is 5.76 Å². The molecule has 0 unspecified atom stereocenters. The van der Waals surface area contributed by atoms with Crippen molar-refractivity contribution < 1.29 is 9.21 Å². The van der Waals surface area contributed by atoms with E-state index in [9.17, 15) is 4.79 Å². The molecule has 0 bridgehead atoms. The standard InChI is InChI=1S/C15H17BrN2O2/c1-11(18(2)10-14-4-3-9-20-14)15(19)17-13-7-5-12(16)6-8-13/h3-9,11H,10H2,1-2H3,(H,17,19)/t11-/m0/s1. The van der Waals surface area contributed by atoms with Crippen LogP contribution < -0.4 is 5.32 Å². The second-order valence-corrected chi connectivity index (χ2v) is 5.58. The molecule has 0 aliphatic heterocycles. The maximum absolute atomic E-state index is 12.2. The molecule has 4 nitrogen and oxygen atoms in total. The first-order valence-corrected chi connectivity index (χ1v) is 7.14. The molecule has 106 valence electrons. The zero-order valence-corrected chi connectivity index (χ0v) is 13.1. The van der Waals surface area contributed by atoms with E-state index in [1.165, 1.54) is 0 Å². The molecule has 1 atom stereocenters. The third-order valence-electron chi connectivity index (χ3n) is 3.14. The van der Waals surface area contributed by atoms with Crippen molar-refractivity contribution in [3.63, 3.8) is 0 Å². The first-order valence-electron chi connectivity index (χ1n) is 6.35. The Bertz CT molecular complexity index is 552. The molecule has 0 radical (unpaired) electrons. The number of furan rings is 1.